The molecule has 0 spiro atoms. The first-order chi connectivity index (χ1) is 9.72. The van der Waals surface area contributed by atoms with Crippen molar-refractivity contribution in [1.82, 2.24) is 9.97 Å². The number of hydrogen-bond donors (Lipinski definition) is 2. The number of aryl methyl sites for hydroxylation is 1. The van der Waals surface area contributed by atoms with Crippen molar-refractivity contribution in [3.05, 3.63) is 56.8 Å². The molecule has 0 bridgehead atoms. The Kier molecular flexibility index (Phi) is 3.52. The third-order valence-electron chi connectivity index (χ3n) is 3.12. The molecule has 0 saturated heterocycles. The van der Waals surface area contributed by atoms with Gasteiger partial charge in [0.2, 0.25) is 0 Å². The predicted molar refractivity (Wildman–Crippen MR) is 83.6 cm³/mol. The maximum Gasteiger partial charge on any atom is 0.257 e. The molecule has 0 atom stereocenters. The first kappa shape index (κ1) is 12.9. The second-order valence-corrected chi connectivity index (χ2v) is 5.70. The summed E-state index contributed by atoms with van der Waals surface area (Å²) in [5.41, 5.74) is 1.03. The zero-order valence-corrected chi connectivity index (χ0v) is 12.0. The number of rotatable bonds is 4. The second kappa shape index (κ2) is 5.46. The molecule has 0 aliphatic heterocycles. The lowest BCUT2D eigenvalue weighted by atomic mass is 10.2. The number of pyridine rings is 1. The van der Waals surface area contributed by atoms with E-state index in [0.29, 0.717) is 5.39 Å². The number of nitrogens with one attached hydrogen (secondary N) is 2. The van der Waals surface area contributed by atoms with Crippen LogP contribution in [-0.2, 0) is 6.42 Å². The average Bonchev–Trinajstić information content (AvgIpc) is 2.85. The lowest BCUT2D eigenvalue weighted by Gasteiger charge is -2.06. The number of aromatic nitrogens is 2. The van der Waals surface area contributed by atoms with Gasteiger partial charge in [-0.15, -0.1) is 11.3 Å². The van der Waals surface area contributed by atoms with Gasteiger partial charge in [-0.2, -0.15) is 0 Å². The first-order valence-electron chi connectivity index (χ1n) is 6.49. The van der Waals surface area contributed by atoms with Crippen LogP contribution in [0.4, 0.5) is 5.82 Å². The molecule has 4 nitrogen and oxygen atoms in total. The Balaban J connectivity index is 1.73. The minimum absolute atomic E-state index is 0.0601. The van der Waals surface area contributed by atoms with Gasteiger partial charge in [-0.1, -0.05) is 18.2 Å². The Hall–Kier alpha value is -2.14. The van der Waals surface area contributed by atoms with Gasteiger partial charge in [0.05, 0.1) is 10.7 Å². The highest BCUT2D eigenvalue weighted by atomic mass is 32.1. The van der Waals surface area contributed by atoms with E-state index >= 15 is 0 Å². The van der Waals surface area contributed by atoms with Crippen molar-refractivity contribution < 1.29 is 0 Å². The fourth-order valence-electron chi connectivity index (χ4n) is 2.15. The third-order valence-corrected chi connectivity index (χ3v) is 3.94. The normalized spacial score (nSPS) is 10.8. The van der Waals surface area contributed by atoms with E-state index in [2.05, 4.69) is 20.7 Å². The van der Waals surface area contributed by atoms with Crippen molar-refractivity contribution >= 4 is 27.9 Å². The molecule has 2 N–H and O–H groups in total. The van der Waals surface area contributed by atoms with Crippen molar-refractivity contribution in [2.45, 2.75) is 13.3 Å². The van der Waals surface area contributed by atoms with E-state index in [0.717, 1.165) is 34.9 Å². The minimum atomic E-state index is -0.0601. The fourth-order valence-corrected chi connectivity index (χ4v) is 2.80. The SMILES string of the molecule is Cc1nc(CCNc2cc3ccccc3c(=O)[nH]2)cs1. The molecule has 20 heavy (non-hydrogen) atoms. The molecule has 0 aliphatic rings. The molecule has 2 aromatic heterocycles. The van der Waals surface area contributed by atoms with Gasteiger partial charge in [-0.3, -0.25) is 4.79 Å². The van der Waals surface area contributed by atoms with Crippen LogP contribution in [0.25, 0.3) is 10.8 Å². The number of thiazole rings is 1. The molecule has 0 unspecified atom stereocenters. The van der Waals surface area contributed by atoms with Crippen molar-refractivity contribution in [2.24, 2.45) is 0 Å². The fraction of sp³-hybridized carbons (Fsp3) is 0.200. The van der Waals surface area contributed by atoms with Crippen molar-refractivity contribution in [1.29, 1.82) is 0 Å². The lowest BCUT2D eigenvalue weighted by molar-refractivity contribution is 0.959. The number of H-pyrrole nitrogens is 1. The molecule has 2 heterocycles. The molecule has 0 radical (unpaired) electrons. The summed E-state index contributed by atoms with van der Waals surface area (Å²) in [6.07, 6.45) is 0.846. The molecular formula is C15H15N3OS. The van der Waals surface area contributed by atoms with Gasteiger partial charge < -0.3 is 10.3 Å². The van der Waals surface area contributed by atoms with E-state index in [1.54, 1.807) is 11.3 Å². The van der Waals surface area contributed by atoms with Gasteiger partial charge in [-0.05, 0) is 24.4 Å². The topological polar surface area (TPSA) is 57.8 Å². The quantitative estimate of drug-likeness (QED) is 0.775. The largest absolute Gasteiger partial charge is 0.371 e. The molecule has 1 aromatic carbocycles. The van der Waals surface area contributed by atoms with Crippen LogP contribution in [0.2, 0.25) is 0 Å². The molecule has 5 heteroatoms. The molecular weight excluding hydrogens is 270 g/mol. The summed E-state index contributed by atoms with van der Waals surface area (Å²) in [5.74, 6) is 0.751. The Morgan fingerprint density at radius 2 is 2.20 bits per heavy atom. The third kappa shape index (κ3) is 2.72. The van der Waals surface area contributed by atoms with Crippen LogP contribution in [0, 0.1) is 6.92 Å². The van der Waals surface area contributed by atoms with E-state index in [-0.39, 0.29) is 5.56 Å². The van der Waals surface area contributed by atoms with E-state index in [9.17, 15) is 4.79 Å². The van der Waals surface area contributed by atoms with Crippen LogP contribution in [0.5, 0.6) is 0 Å². The van der Waals surface area contributed by atoms with Gasteiger partial charge in [0.1, 0.15) is 5.82 Å². The zero-order valence-electron chi connectivity index (χ0n) is 11.1. The number of benzene rings is 1. The number of fused-ring (bicyclic) bond motifs is 1. The summed E-state index contributed by atoms with van der Waals surface area (Å²) in [5, 5.41) is 8.06. The Morgan fingerprint density at radius 3 is 3.00 bits per heavy atom. The van der Waals surface area contributed by atoms with Crippen LogP contribution in [0.15, 0.2) is 40.5 Å². The summed E-state index contributed by atoms with van der Waals surface area (Å²) >= 11 is 1.66. The van der Waals surface area contributed by atoms with Crippen LogP contribution in [0.1, 0.15) is 10.7 Å². The van der Waals surface area contributed by atoms with Gasteiger partial charge in [-0.25, -0.2) is 4.98 Å². The second-order valence-electron chi connectivity index (χ2n) is 4.63. The number of nitrogens with zero attached hydrogens (tertiary/aromatic N) is 1. The molecule has 3 aromatic rings. The smallest absolute Gasteiger partial charge is 0.257 e. The minimum Gasteiger partial charge on any atom is -0.371 e. The highest BCUT2D eigenvalue weighted by Crippen LogP contribution is 2.13. The molecule has 102 valence electrons. The van der Waals surface area contributed by atoms with Gasteiger partial charge >= 0.3 is 0 Å². The van der Waals surface area contributed by atoms with Crippen molar-refractivity contribution in [2.75, 3.05) is 11.9 Å². The summed E-state index contributed by atoms with van der Waals surface area (Å²) < 4.78 is 0. The summed E-state index contributed by atoms with van der Waals surface area (Å²) in [7, 11) is 0. The summed E-state index contributed by atoms with van der Waals surface area (Å²) in [6.45, 7) is 2.75. The monoisotopic (exact) mass is 285 g/mol. The Bertz CT molecular complexity index is 791. The predicted octanol–water partition coefficient (Wildman–Crippen LogP) is 2.95. The summed E-state index contributed by atoms with van der Waals surface area (Å²) in [6, 6.07) is 9.54. The van der Waals surface area contributed by atoms with Crippen LogP contribution in [0.3, 0.4) is 0 Å². The zero-order chi connectivity index (χ0) is 13.9. The molecule has 0 amide bonds. The maximum absolute atomic E-state index is 11.9. The molecule has 0 saturated carbocycles. The van der Waals surface area contributed by atoms with Gasteiger partial charge in [0, 0.05) is 23.7 Å². The van der Waals surface area contributed by atoms with E-state index in [1.807, 2.05) is 37.3 Å². The van der Waals surface area contributed by atoms with Crippen LogP contribution < -0.4 is 10.9 Å². The molecule has 3 rings (SSSR count). The summed E-state index contributed by atoms with van der Waals surface area (Å²) in [4.78, 5) is 19.2. The molecule has 0 fully saturated rings. The first-order valence-corrected chi connectivity index (χ1v) is 7.37. The van der Waals surface area contributed by atoms with Crippen molar-refractivity contribution in [3.8, 4) is 0 Å². The highest BCUT2D eigenvalue weighted by Gasteiger charge is 2.02. The number of hydrogen-bond acceptors (Lipinski definition) is 4. The Morgan fingerprint density at radius 1 is 1.35 bits per heavy atom. The standard InChI is InChI=1S/C15H15N3OS/c1-10-17-12(9-20-10)6-7-16-14-8-11-4-2-3-5-13(11)15(19)18-14/h2-5,8-9H,6-7H2,1H3,(H2,16,18,19). The lowest BCUT2D eigenvalue weighted by Crippen LogP contribution is -2.12. The van der Waals surface area contributed by atoms with E-state index in [4.69, 9.17) is 0 Å². The Labute approximate surface area is 120 Å². The van der Waals surface area contributed by atoms with Crippen LogP contribution in [-0.4, -0.2) is 16.5 Å². The van der Waals surface area contributed by atoms with Crippen molar-refractivity contribution in [3.63, 3.8) is 0 Å². The van der Waals surface area contributed by atoms with E-state index < -0.39 is 0 Å². The van der Waals surface area contributed by atoms with Crippen LogP contribution >= 0.6 is 11.3 Å². The van der Waals surface area contributed by atoms with Gasteiger partial charge in [0.15, 0.2) is 0 Å². The van der Waals surface area contributed by atoms with Gasteiger partial charge in [0.25, 0.3) is 5.56 Å². The maximum atomic E-state index is 11.9. The number of anilines is 1. The number of aromatic amines is 1. The van der Waals surface area contributed by atoms with E-state index in [1.165, 1.54) is 0 Å². The highest BCUT2D eigenvalue weighted by molar-refractivity contribution is 7.09. The molecule has 0 aliphatic carbocycles. The average molecular weight is 285 g/mol.